The minimum atomic E-state index is -1.83. The molecule has 4 aromatic carbocycles. The van der Waals surface area contributed by atoms with Crippen molar-refractivity contribution in [2.75, 3.05) is 0 Å². The molecule has 1 aliphatic heterocycles. The number of para-hydroxylation sites is 3. The van der Waals surface area contributed by atoms with Crippen molar-refractivity contribution in [2.45, 2.75) is 24.7 Å². The molecule has 35 heavy (non-hydrogen) atoms. The highest BCUT2D eigenvalue weighted by Crippen LogP contribution is 2.56. The summed E-state index contributed by atoms with van der Waals surface area (Å²) in [4.78, 5) is 12.7. The van der Waals surface area contributed by atoms with Gasteiger partial charge >= 0.3 is 14.6 Å². The summed E-state index contributed by atoms with van der Waals surface area (Å²) in [6, 6.07) is 32.8. The van der Waals surface area contributed by atoms with Crippen LogP contribution in [-0.2, 0) is 16.6 Å². The van der Waals surface area contributed by atoms with E-state index in [2.05, 4.69) is 12.1 Å². The third-order valence-corrected chi connectivity index (χ3v) is 7.57. The minimum Gasteiger partial charge on any atom is -0.426 e. The van der Waals surface area contributed by atoms with Gasteiger partial charge in [0.05, 0.1) is 6.42 Å². The summed E-state index contributed by atoms with van der Waals surface area (Å²) in [5.41, 5.74) is 2.70. The van der Waals surface area contributed by atoms with E-state index in [1.54, 1.807) is 0 Å². The largest absolute Gasteiger partial charge is 0.530 e. The highest BCUT2D eigenvalue weighted by atomic mass is 31.2. The third kappa shape index (κ3) is 4.13. The van der Waals surface area contributed by atoms with Crippen LogP contribution in [0.4, 0.5) is 0 Å². The number of hydrogen-bond acceptors (Lipinski definition) is 5. The standard InChI is InChI=1S/C29H23O5P/c30-27-20-29(24-15-7-8-16-25(24)31-27)19-18-21-10-9-17-26(28(21)29)34-35(32-22-11-3-1-4-12-22)33-23-13-5-2-6-14-23/h1-17H,18-20H2/t29-/m1/s1. The van der Waals surface area contributed by atoms with E-state index in [-0.39, 0.29) is 12.4 Å². The van der Waals surface area contributed by atoms with E-state index in [4.69, 9.17) is 18.3 Å². The summed E-state index contributed by atoms with van der Waals surface area (Å²) < 4.78 is 24.5. The van der Waals surface area contributed by atoms with Gasteiger partial charge in [-0.3, -0.25) is 4.79 Å². The van der Waals surface area contributed by atoms with E-state index in [0.717, 1.165) is 24.0 Å². The average molecular weight is 482 g/mol. The molecule has 0 N–H and O–H groups in total. The van der Waals surface area contributed by atoms with Crippen molar-refractivity contribution in [2.24, 2.45) is 0 Å². The molecule has 2 aliphatic rings. The molecule has 0 saturated carbocycles. The number of hydrogen-bond donors (Lipinski definition) is 0. The van der Waals surface area contributed by atoms with Crippen molar-refractivity contribution in [3.8, 4) is 23.0 Å². The summed E-state index contributed by atoms with van der Waals surface area (Å²) in [7, 11) is -1.83. The zero-order chi connectivity index (χ0) is 23.7. The Kier molecular flexibility index (Phi) is 5.63. The van der Waals surface area contributed by atoms with E-state index >= 15 is 0 Å². The van der Waals surface area contributed by atoms with Gasteiger partial charge in [0.2, 0.25) is 0 Å². The van der Waals surface area contributed by atoms with Crippen molar-refractivity contribution in [3.63, 3.8) is 0 Å². The Morgan fingerprint density at radius 3 is 2.09 bits per heavy atom. The maximum Gasteiger partial charge on any atom is 0.530 e. The van der Waals surface area contributed by atoms with Gasteiger partial charge in [0.25, 0.3) is 0 Å². The fourth-order valence-electron chi connectivity index (χ4n) is 5.05. The Balaban J connectivity index is 1.41. The molecule has 1 heterocycles. The molecule has 5 nitrogen and oxygen atoms in total. The van der Waals surface area contributed by atoms with Crippen LogP contribution in [0.2, 0.25) is 0 Å². The fourth-order valence-corrected chi connectivity index (χ4v) is 6.06. The normalized spacial score (nSPS) is 18.0. The van der Waals surface area contributed by atoms with Gasteiger partial charge in [-0.2, -0.15) is 0 Å². The highest BCUT2D eigenvalue weighted by molar-refractivity contribution is 7.43. The molecule has 1 atom stereocenters. The summed E-state index contributed by atoms with van der Waals surface area (Å²) in [5.74, 6) is 2.37. The first-order valence-electron chi connectivity index (χ1n) is 11.6. The second-order valence-electron chi connectivity index (χ2n) is 8.64. The maximum atomic E-state index is 12.7. The maximum absolute atomic E-state index is 12.7. The average Bonchev–Trinajstić information content (AvgIpc) is 3.25. The molecule has 4 aromatic rings. The molecule has 174 valence electrons. The van der Waals surface area contributed by atoms with E-state index in [1.807, 2.05) is 91.0 Å². The van der Waals surface area contributed by atoms with Gasteiger partial charge in [0.1, 0.15) is 23.0 Å². The Morgan fingerprint density at radius 1 is 0.714 bits per heavy atom. The second-order valence-corrected chi connectivity index (χ2v) is 9.64. The smallest absolute Gasteiger partial charge is 0.426 e. The van der Waals surface area contributed by atoms with Gasteiger partial charge < -0.3 is 18.3 Å². The molecule has 0 amide bonds. The van der Waals surface area contributed by atoms with Gasteiger partial charge in [-0.15, -0.1) is 0 Å². The van der Waals surface area contributed by atoms with Gasteiger partial charge in [0.15, 0.2) is 0 Å². The Morgan fingerprint density at radius 2 is 1.37 bits per heavy atom. The van der Waals surface area contributed by atoms with Crippen LogP contribution in [-0.4, -0.2) is 5.97 Å². The highest BCUT2D eigenvalue weighted by Gasteiger charge is 2.49. The molecular weight excluding hydrogens is 459 g/mol. The molecule has 6 heteroatoms. The summed E-state index contributed by atoms with van der Waals surface area (Å²) in [6.07, 6.45) is 1.94. The van der Waals surface area contributed by atoms with Crippen LogP contribution >= 0.6 is 8.60 Å². The Hall–Kier alpha value is -3.82. The number of benzene rings is 4. The molecular formula is C29H23O5P. The monoisotopic (exact) mass is 482 g/mol. The fraction of sp³-hybridized carbons (Fsp3) is 0.138. The van der Waals surface area contributed by atoms with Gasteiger partial charge in [-0.05, 0) is 54.8 Å². The van der Waals surface area contributed by atoms with Crippen molar-refractivity contribution in [1.29, 1.82) is 0 Å². The molecule has 0 fully saturated rings. The molecule has 0 radical (unpaired) electrons. The molecule has 1 aliphatic carbocycles. The van der Waals surface area contributed by atoms with E-state index in [1.165, 1.54) is 5.56 Å². The Labute approximate surface area is 205 Å². The lowest BCUT2D eigenvalue weighted by molar-refractivity contribution is -0.136. The molecule has 0 unspecified atom stereocenters. The molecule has 6 rings (SSSR count). The number of carbonyl (C=O) groups is 1. The van der Waals surface area contributed by atoms with Crippen molar-refractivity contribution < 1.29 is 23.1 Å². The third-order valence-electron chi connectivity index (χ3n) is 6.50. The topological polar surface area (TPSA) is 54.0 Å². The summed E-state index contributed by atoms with van der Waals surface area (Å²) >= 11 is 0. The molecule has 1 spiro atoms. The van der Waals surface area contributed by atoms with Crippen LogP contribution in [0.15, 0.2) is 103 Å². The second kappa shape index (κ2) is 9.09. The van der Waals surface area contributed by atoms with E-state index in [0.29, 0.717) is 23.0 Å². The molecule has 0 saturated heterocycles. The molecule has 0 bridgehead atoms. The number of aryl methyl sites for hydroxylation is 1. The van der Waals surface area contributed by atoms with Gasteiger partial charge in [-0.1, -0.05) is 66.7 Å². The van der Waals surface area contributed by atoms with Crippen LogP contribution in [0, 0.1) is 0 Å². The number of rotatable bonds is 6. The van der Waals surface area contributed by atoms with E-state index < -0.39 is 14.0 Å². The number of carbonyl (C=O) groups excluding carboxylic acids is 1. The predicted molar refractivity (Wildman–Crippen MR) is 134 cm³/mol. The van der Waals surface area contributed by atoms with E-state index in [9.17, 15) is 4.79 Å². The van der Waals surface area contributed by atoms with Crippen LogP contribution in [0.1, 0.15) is 29.5 Å². The summed E-state index contributed by atoms with van der Waals surface area (Å²) in [6.45, 7) is 0. The number of fused-ring (bicyclic) bond motifs is 4. The Bertz CT molecular complexity index is 1320. The van der Waals surface area contributed by atoms with Crippen LogP contribution in [0.5, 0.6) is 23.0 Å². The lowest BCUT2D eigenvalue weighted by Crippen LogP contribution is -2.35. The quantitative estimate of drug-likeness (QED) is 0.168. The molecule has 0 aromatic heterocycles. The lowest BCUT2D eigenvalue weighted by atomic mass is 9.71. The lowest BCUT2D eigenvalue weighted by Gasteiger charge is -2.36. The SMILES string of the molecule is O=C1C[C@]2(CCc3cccc(OP(Oc4ccccc4)Oc4ccccc4)c32)c2ccccc2O1. The number of ether oxygens (including phenoxy) is 1. The van der Waals surface area contributed by atoms with Crippen LogP contribution < -0.4 is 18.3 Å². The first kappa shape index (κ1) is 21.7. The van der Waals surface area contributed by atoms with Crippen molar-refractivity contribution in [3.05, 3.63) is 120 Å². The summed E-state index contributed by atoms with van der Waals surface area (Å²) in [5, 5.41) is 0. The van der Waals surface area contributed by atoms with Gasteiger partial charge in [0, 0.05) is 16.5 Å². The van der Waals surface area contributed by atoms with Crippen molar-refractivity contribution in [1.82, 2.24) is 0 Å². The van der Waals surface area contributed by atoms with Crippen molar-refractivity contribution >= 4 is 14.6 Å². The van der Waals surface area contributed by atoms with Crippen LogP contribution in [0.3, 0.4) is 0 Å². The first-order chi connectivity index (χ1) is 17.2. The minimum absolute atomic E-state index is 0.227. The zero-order valence-corrected chi connectivity index (χ0v) is 19.8. The number of esters is 1. The first-order valence-corrected chi connectivity index (χ1v) is 12.7. The zero-order valence-electron chi connectivity index (χ0n) is 18.9. The predicted octanol–water partition coefficient (Wildman–Crippen LogP) is 6.99. The van der Waals surface area contributed by atoms with Crippen LogP contribution in [0.25, 0.3) is 0 Å². The van der Waals surface area contributed by atoms with Gasteiger partial charge in [-0.25, -0.2) is 0 Å².